The molecule has 31 heavy (non-hydrogen) atoms. The molecule has 168 valence electrons. The maximum absolute atomic E-state index is 12.5. The third-order valence-corrected chi connectivity index (χ3v) is 7.18. The third-order valence-electron chi connectivity index (χ3n) is 6.97. The van der Waals surface area contributed by atoms with Crippen LogP contribution in [0.1, 0.15) is 31.7 Å². The average molecular weight is 449 g/mol. The molecule has 0 aliphatic carbocycles. The highest BCUT2D eigenvalue weighted by Crippen LogP contribution is 2.52. The number of halogens is 1. The number of aliphatic imine (C=N–C) groups is 1. The molecule has 1 aromatic rings. The SMILES string of the molecule is CCC1CN2CC[C@@]3(O)C(=Nc4cc(Cl)cc(OC)c43)[C@@H]2CC1/C(=C\OC)C(=O)OC. The fourth-order valence-corrected chi connectivity index (χ4v) is 5.69. The Morgan fingerprint density at radius 3 is 2.81 bits per heavy atom. The van der Waals surface area contributed by atoms with Gasteiger partial charge in [0.05, 0.1) is 56.2 Å². The van der Waals surface area contributed by atoms with Crippen molar-refractivity contribution in [3.63, 3.8) is 0 Å². The summed E-state index contributed by atoms with van der Waals surface area (Å²) < 4.78 is 15.8. The van der Waals surface area contributed by atoms with Gasteiger partial charge in [0, 0.05) is 18.1 Å². The van der Waals surface area contributed by atoms with Crippen LogP contribution >= 0.6 is 11.6 Å². The van der Waals surface area contributed by atoms with E-state index in [0.717, 1.165) is 19.5 Å². The van der Waals surface area contributed by atoms with Crippen LogP contribution in [0.4, 0.5) is 5.69 Å². The number of carbonyl (C=O) groups excluding carboxylic acids is 1. The van der Waals surface area contributed by atoms with E-state index in [1.807, 2.05) is 0 Å². The summed E-state index contributed by atoms with van der Waals surface area (Å²) in [7, 11) is 4.49. The number of nitrogens with zero attached hydrogens (tertiary/aromatic N) is 2. The van der Waals surface area contributed by atoms with Gasteiger partial charge in [0.2, 0.25) is 0 Å². The normalized spacial score (nSPS) is 30.1. The van der Waals surface area contributed by atoms with Crippen LogP contribution in [0.3, 0.4) is 0 Å². The molecule has 3 aliphatic heterocycles. The van der Waals surface area contributed by atoms with Gasteiger partial charge in [-0.25, -0.2) is 4.79 Å². The van der Waals surface area contributed by atoms with Gasteiger partial charge >= 0.3 is 5.97 Å². The summed E-state index contributed by atoms with van der Waals surface area (Å²) in [6.45, 7) is 3.68. The van der Waals surface area contributed by atoms with E-state index in [-0.39, 0.29) is 23.8 Å². The maximum atomic E-state index is 12.5. The summed E-state index contributed by atoms with van der Waals surface area (Å²) in [6, 6.07) is 3.39. The minimum absolute atomic E-state index is 0.0575. The second-order valence-corrected chi connectivity index (χ2v) is 8.87. The molecule has 7 nitrogen and oxygen atoms in total. The summed E-state index contributed by atoms with van der Waals surface area (Å²) in [5.41, 5.74) is 1.37. The standard InChI is InChI=1S/C23H29ClN2O5/c1-5-13-11-26-7-6-23(28)20-17(8-14(24)9-19(20)30-3)25-21(23)18(26)10-15(13)16(12-29-2)22(27)31-4/h8-9,12-13,15,18,28H,5-7,10-11H2,1-4H3/b16-12+/t13?,15?,18-,23-/m0/s1. The molecule has 4 atom stereocenters. The van der Waals surface area contributed by atoms with Crippen molar-refractivity contribution in [3.05, 3.63) is 34.6 Å². The zero-order chi connectivity index (χ0) is 22.3. The molecule has 8 heteroatoms. The number of methoxy groups -OCH3 is 3. The molecule has 3 aliphatic rings. The second kappa shape index (κ2) is 8.45. The van der Waals surface area contributed by atoms with Gasteiger partial charge in [-0.15, -0.1) is 0 Å². The Balaban J connectivity index is 1.74. The van der Waals surface area contributed by atoms with E-state index in [2.05, 4.69) is 11.8 Å². The van der Waals surface area contributed by atoms with Gasteiger partial charge in [-0.2, -0.15) is 0 Å². The topological polar surface area (TPSA) is 80.6 Å². The number of fused-ring (bicyclic) bond motifs is 5. The molecule has 2 unspecified atom stereocenters. The predicted molar refractivity (Wildman–Crippen MR) is 118 cm³/mol. The molecular weight excluding hydrogens is 420 g/mol. The van der Waals surface area contributed by atoms with Gasteiger partial charge in [0.15, 0.2) is 0 Å². The van der Waals surface area contributed by atoms with Gasteiger partial charge < -0.3 is 19.3 Å². The lowest BCUT2D eigenvalue weighted by Crippen LogP contribution is -2.60. The maximum Gasteiger partial charge on any atom is 0.337 e. The quantitative estimate of drug-likeness (QED) is 0.422. The van der Waals surface area contributed by atoms with E-state index in [1.54, 1.807) is 19.2 Å². The summed E-state index contributed by atoms with van der Waals surface area (Å²) in [6.07, 6.45) is 3.60. The summed E-state index contributed by atoms with van der Waals surface area (Å²) in [5.74, 6) is 0.384. The van der Waals surface area contributed by atoms with E-state index in [1.165, 1.54) is 20.5 Å². The summed E-state index contributed by atoms with van der Waals surface area (Å²) in [4.78, 5) is 19.7. The lowest BCUT2D eigenvalue weighted by Gasteiger charge is -2.50. The number of benzene rings is 1. The molecule has 4 rings (SSSR count). The molecule has 2 fully saturated rings. The predicted octanol–water partition coefficient (Wildman–Crippen LogP) is 3.45. The van der Waals surface area contributed by atoms with Crippen LogP contribution in [0.15, 0.2) is 29.0 Å². The van der Waals surface area contributed by atoms with E-state index >= 15 is 0 Å². The van der Waals surface area contributed by atoms with Crippen LogP contribution < -0.4 is 4.74 Å². The molecule has 0 saturated carbocycles. The van der Waals surface area contributed by atoms with Gasteiger partial charge in [0.1, 0.15) is 11.4 Å². The smallest absolute Gasteiger partial charge is 0.337 e. The van der Waals surface area contributed by atoms with Crippen molar-refractivity contribution < 1.29 is 24.1 Å². The molecule has 3 heterocycles. The average Bonchev–Trinajstić information content (AvgIpc) is 3.08. The molecule has 0 aromatic heterocycles. The zero-order valence-corrected chi connectivity index (χ0v) is 19.1. The lowest BCUT2D eigenvalue weighted by atomic mass is 9.70. The molecule has 0 spiro atoms. The van der Waals surface area contributed by atoms with Crippen molar-refractivity contribution in [2.45, 2.75) is 37.8 Å². The third kappa shape index (κ3) is 3.52. The lowest BCUT2D eigenvalue weighted by molar-refractivity contribution is -0.137. The Kier molecular flexibility index (Phi) is 6.03. The van der Waals surface area contributed by atoms with Crippen LogP contribution in [0.25, 0.3) is 0 Å². The number of hydrogen-bond acceptors (Lipinski definition) is 7. The number of aliphatic hydroxyl groups is 1. The number of ether oxygens (including phenoxy) is 3. The fourth-order valence-electron chi connectivity index (χ4n) is 5.49. The van der Waals surface area contributed by atoms with Crippen LogP contribution in [0.5, 0.6) is 5.75 Å². The van der Waals surface area contributed by atoms with Crippen molar-refractivity contribution in [1.29, 1.82) is 0 Å². The van der Waals surface area contributed by atoms with E-state index in [0.29, 0.717) is 46.1 Å². The highest BCUT2D eigenvalue weighted by Gasteiger charge is 2.54. The van der Waals surface area contributed by atoms with Gasteiger partial charge in [-0.3, -0.25) is 9.89 Å². The van der Waals surface area contributed by atoms with Crippen molar-refractivity contribution in [2.75, 3.05) is 34.4 Å². The molecule has 0 radical (unpaired) electrons. The van der Waals surface area contributed by atoms with E-state index in [9.17, 15) is 9.90 Å². The first-order valence-corrected chi connectivity index (χ1v) is 11.0. The first kappa shape index (κ1) is 22.1. The number of carbonyl (C=O) groups is 1. The second-order valence-electron chi connectivity index (χ2n) is 8.43. The number of piperidine rings is 2. The van der Waals surface area contributed by atoms with Crippen molar-refractivity contribution >= 4 is 29.0 Å². The van der Waals surface area contributed by atoms with Crippen LogP contribution in [0.2, 0.25) is 5.02 Å². The van der Waals surface area contributed by atoms with Crippen molar-refractivity contribution in [1.82, 2.24) is 4.90 Å². The number of hydrogen-bond donors (Lipinski definition) is 1. The monoisotopic (exact) mass is 448 g/mol. The van der Waals surface area contributed by atoms with Crippen LogP contribution in [-0.4, -0.2) is 62.1 Å². The molecule has 1 N–H and O–H groups in total. The van der Waals surface area contributed by atoms with E-state index in [4.69, 9.17) is 30.8 Å². The van der Waals surface area contributed by atoms with Crippen molar-refractivity contribution in [2.24, 2.45) is 16.8 Å². The Morgan fingerprint density at radius 1 is 1.39 bits per heavy atom. The first-order chi connectivity index (χ1) is 14.9. The highest BCUT2D eigenvalue weighted by atomic mass is 35.5. The van der Waals surface area contributed by atoms with E-state index < -0.39 is 5.60 Å². The summed E-state index contributed by atoms with van der Waals surface area (Å²) in [5, 5.41) is 12.3. The fraction of sp³-hybridized carbons (Fsp3) is 0.565. The minimum Gasteiger partial charge on any atom is -0.504 e. The Labute approximate surface area is 187 Å². The highest BCUT2D eigenvalue weighted by molar-refractivity contribution is 6.31. The summed E-state index contributed by atoms with van der Waals surface area (Å²) >= 11 is 6.26. The Hall–Kier alpha value is -2.09. The Bertz CT molecular complexity index is 946. The molecule has 2 saturated heterocycles. The minimum atomic E-state index is -1.20. The molecular formula is C23H29ClN2O5. The Morgan fingerprint density at radius 2 is 2.16 bits per heavy atom. The van der Waals surface area contributed by atoms with Crippen molar-refractivity contribution in [3.8, 4) is 5.75 Å². The first-order valence-electron chi connectivity index (χ1n) is 10.6. The van der Waals surface area contributed by atoms with Gasteiger partial charge in [-0.1, -0.05) is 24.9 Å². The number of esters is 1. The van der Waals surface area contributed by atoms with Gasteiger partial charge in [-0.05, 0) is 36.8 Å². The zero-order valence-electron chi connectivity index (χ0n) is 18.4. The van der Waals surface area contributed by atoms with Crippen LogP contribution in [0, 0.1) is 11.8 Å². The van der Waals surface area contributed by atoms with Gasteiger partial charge in [0.25, 0.3) is 0 Å². The largest absolute Gasteiger partial charge is 0.504 e. The molecule has 1 aromatic carbocycles. The molecule has 0 amide bonds. The number of rotatable bonds is 5. The molecule has 0 bridgehead atoms. The van der Waals surface area contributed by atoms with Crippen LogP contribution in [-0.2, 0) is 19.9 Å².